The second-order valence-corrected chi connectivity index (χ2v) is 17.5. The van der Waals surface area contributed by atoms with Crippen LogP contribution in [0.5, 0.6) is 5.75 Å². The second-order valence-electron chi connectivity index (χ2n) is 17.1. The van der Waals surface area contributed by atoms with Crippen LogP contribution in [-0.2, 0) is 19.1 Å². The molecule has 5 atom stereocenters. The lowest BCUT2D eigenvalue weighted by Crippen LogP contribution is -2.56. The summed E-state index contributed by atoms with van der Waals surface area (Å²) in [5.41, 5.74) is 1.06. The number of imidazole rings is 1. The number of likely N-dealkylation sites (tertiary alicyclic amines) is 1. The summed E-state index contributed by atoms with van der Waals surface area (Å²) in [5, 5.41) is 15.4. The number of anilines is 2. The molecule has 4 aromatic rings. The molecule has 2 aromatic heterocycles. The van der Waals surface area contributed by atoms with Crippen LogP contribution in [0.3, 0.4) is 0 Å². The average molecular weight is 899 g/mol. The first-order valence-corrected chi connectivity index (χ1v) is 20.9. The van der Waals surface area contributed by atoms with Crippen LogP contribution >= 0.6 is 11.6 Å². The third-order valence-corrected chi connectivity index (χ3v) is 11.5. The number of amides is 3. The maximum absolute atomic E-state index is 13.8. The van der Waals surface area contributed by atoms with Crippen LogP contribution < -0.4 is 20.3 Å². The summed E-state index contributed by atoms with van der Waals surface area (Å²) < 4.78 is 56.3. The molecule has 4 N–H and O–H groups in total. The van der Waals surface area contributed by atoms with E-state index < -0.39 is 41.9 Å². The predicted octanol–water partition coefficient (Wildman–Crippen LogP) is 6.85. The van der Waals surface area contributed by atoms with Gasteiger partial charge in [-0.25, -0.2) is 9.97 Å². The second kappa shape index (κ2) is 19.2. The Labute approximate surface area is 369 Å². The minimum Gasteiger partial charge on any atom is -0.405 e. The molecule has 1 unspecified atom stereocenters. The van der Waals surface area contributed by atoms with E-state index in [1.54, 1.807) is 54.6 Å². The van der Waals surface area contributed by atoms with Crippen molar-refractivity contribution in [1.82, 2.24) is 30.1 Å². The van der Waals surface area contributed by atoms with Crippen molar-refractivity contribution in [2.24, 2.45) is 11.3 Å². The molecule has 19 heteroatoms. The van der Waals surface area contributed by atoms with Crippen molar-refractivity contribution in [2.45, 2.75) is 85.0 Å². The first kappa shape index (κ1) is 47.2. The zero-order valence-electron chi connectivity index (χ0n) is 36.4. The number of alkyl halides is 3. The Bertz CT molecular complexity index is 2250. The number of rotatable bonds is 13. The average Bonchev–Trinajstić information content (AvgIpc) is 3.91. The number of aromatic nitrogens is 3. The minimum atomic E-state index is -5.07. The molecule has 0 saturated carbocycles. The molecule has 63 heavy (non-hydrogen) atoms. The van der Waals surface area contributed by atoms with Gasteiger partial charge in [0, 0.05) is 87.9 Å². The van der Waals surface area contributed by atoms with Crippen LogP contribution in [0.4, 0.5) is 24.7 Å². The number of aromatic amines is 1. The molecule has 0 aliphatic carbocycles. The number of ether oxygens (including phenoxy) is 3. The molecule has 2 fully saturated rings. The molecule has 15 nitrogen and oxygen atoms in total. The molecule has 4 heterocycles. The topological polar surface area (TPSA) is 174 Å². The summed E-state index contributed by atoms with van der Waals surface area (Å²) in [4.78, 5) is 58.0. The van der Waals surface area contributed by atoms with E-state index in [2.05, 4.69) is 25.3 Å². The van der Waals surface area contributed by atoms with Gasteiger partial charge in [-0.3, -0.25) is 19.7 Å². The van der Waals surface area contributed by atoms with Crippen molar-refractivity contribution in [1.29, 1.82) is 0 Å². The Morgan fingerprint density at radius 1 is 1.00 bits per heavy atom. The first-order chi connectivity index (χ1) is 29.7. The maximum atomic E-state index is 13.8. The highest BCUT2D eigenvalue weighted by Crippen LogP contribution is 2.41. The van der Waals surface area contributed by atoms with E-state index in [1.807, 2.05) is 51.3 Å². The third-order valence-electron chi connectivity index (χ3n) is 11.2. The van der Waals surface area contributed by atoms with Gasteiger partial charge in [0.1, 0.15) is 17.4 Å². The number of nitrogens with one attached hydrogen (secondary N) is 3. The van der Waals surface area contributed by atoms with Crippen molar-refractivity contribution in [3.05, 3.63) is 77.3 Å². The van der Waals surface area contributed by atoms with Gasteiger partial charge < -0.3 is 44.3 Å². The largest absolute Gasteiger partial charge is 0.573 e. The van der Waals surface area contributed by atoms with E-state index in [0.29, 0.717) is 61.1 Å². The van der Waals surface area contributed by atoms with E-state index in [-0.39, 0.29) is 51.7 Å². The molecule has 0 spiro atoms. The highest BCUT2D eigenvalue weighted by molar-refractivity contribution is 6.34. The predicted molar refractivity (Wildman–Crippen MR) is 231 cm³/mol. The van der Waals surface area contributed by atoms with Gasteiger partial charge in [0.05, 0.1) is 40.2 Å². The lowest BCUT2D eigenvalue weighted by atomic mass is 9.94. The smallest absolute Gasteiger partial charge is 0.405 e. The normalized spacial score (nSPS) is 19.3. The van der Waals surface area contributed by atoms with Crippen molar-refractivity contribution < 1.29 is 46.9 Å². The van der Waals surface area contributed by atoms with Gasteiger partial charge in [-0.05, 0) is 36.6 Å². The quantitative estimate of drug-likeness (QED) is 0.103. The Morgan fingerprint density at radius 2 is 1.70 bits per heavy atom. The SMILES string of the molecule is COC(O)N[C@H](C(=O)N1C[C@@H](OC)C[C@H]1c1nc(-c2ccc(-c3cc(Cl)c(NC(=O)c4ccc(N5CCN(C(=O)C(C)(C)C)C[C@H]5C)nc4)cc3OC(F)(F)F)cc2)c[nH]1)C(C)C. The number of carbonyl (C=O) groups excluding carboxylic acids is 3. The monoisotopic (exact) mass is 898 g/mol. The van der Waals surface area contributed by atoms with Crippen molar-refractivity contribution in [3.8, 4) is 28.1 Å². The minimum absolute atomic E-state index is 0.0200. The number of H-pyrrole nitrogens is 1. The number of nitrogens with zero attached hydrogens (tertiary/aromatic N) is 5. The number of halogens is 4. The first-order valence-electron chi connectivity index (χ1n) is 20.6. The van der Waals surface area contributed by atoms with Crippen LogP contribution in [0, 0.1) is 11.3 Å². The Kier molecular flexibility index (Phi) is 14.4. The van der Waals surface area contributed by atoms with Gasteiger partial charge in [-0.1, -0.05) is 70.5 Å². The van der Waals surface area contributed by atoms with E-state index in [9.17, 15) is 32.7 Å². The number of aliphatic hydroxyl groups is 1. The molecular formula is C44H54ClF3N8O7. The number of piperazine rings is 1. The molecule has 2 saturated heterocycles. The fourth-order valence-electron chi connectivity index (χ4n) is 7.82. The van der Waals surface area contributed by atoms with Gasteiger partial charge in [-0.15, -0.1) is 13.2 Å². The number of methoxy groups -OCH3 is 2. The van der Waals surface area contributed by atoms with Crippen LogP contribution in [0.2, 0.25) is 5.02 Å². The number of carbonyl (C=O) groups is 3. The lowest BCUT2D eigenvalue weighted by Gasteiger charge is -2.42. The van der Waals surface area contributed by atoms with Crippen LogP contribution in [0.25, 0.3) is 22.4 Å². The van der Waals surface area contributed by atoms with Gasteiger partial charge >= 0.3 is 6.36 Å². The molecule has 2 aliphatic rings. The molecule has 0 radical (unpaired) electrons. The van der Waals surface area contributed by atoms with Crippen LogP contribution in [-0.4, -0.2) is 119 Å². The third kappa shape index (κ3) is 11.1. The highest BCUT2D eigenvalue weighted by Gasteiger charge is 2.42. The summed E-state index contributed by atoms with van der Waals surface area (Å²) >= 11 is 6.60. The van der Waals surface area contributed by atoms with E-state index in [1.165, 1.54) is 19.4 Å². The summed E-state index contributed by atoms with van der Waals surface area (Å²) in [5.74, 6) is -0.482. The maximum Gasteiger partial charge on any atom is 0.573 e. The summed E-state index contributed by atoms with van der Waals surface area (Å²) in [6.45, 7) is 13.3. The zero-order valence-corrected chi connectivity index (χ0v) is 37.2. The summed E-state index contributed by atoms with van der Waals surface area (Å²) in [6.07, 6.45) is -3.15. The number of aliphatic hydroxyl groups excluding tert-OH is 1. The van der Waals surface area contributed by atoms with Crippen molar-refractivity contribution in [3.63, 3.8) is 0 Å². The fraction of sp³-hybridized carbons (Fsp3) is 0.477. The number of pyridine rings is 1. The number of benzene rings is 2. The zero-order chi connectivity index (χ0) is 46.0. The fourth-order valence-corrected chi connectivity index (χ4v) is 8.03. The van der Waals surface area contributed by atoms with Crippen LogP contribution in [0.15, 0.2) is 60.9 Å². The number of hydrogen-bond acceptors (Lipinski definition) is 11. The molecule has 3 amide bonds. The summed E-state index contributed by atoms with van der Waals surface area (Å²) in [6, 6.07) is 10.9. The van der Waals surface area contributed by atoms with E-state index >= 15 is 0 Å². The standard InChI is InChI=1S/C44H54ClF3N8O7/c1-24(2)37(53-42(60)62-8)40(58)56-23-29(61-7)17-34(56)38-50-21-33(51-38)27-11-9-26(10-12-27)30-18-31(45)32(19-35(30)63-44(46,47)48)52-39(57)28-13-14-36(49-20-28)55-16-15-54(22-25(55)3)41(59)43(4,5)6/h9-14,18-21,24-25,29,34,37,42,53,60H,15-17,22-23H2,1-8H3,(H,50,51)(H,52,57)/t25-,29+,34+,37+,42?/m1/s1. The number of hydrogen-bond donors (Lipinski definition) is 4. The lowest BCUT2D eigenvalue weighted by molar-refractivity contribution is -0.274. The molecule has 2 aliphatic heterocycles. The van der Waals surface area contributed by atoms with Gasteiger partial charge in [0.15, 0.2) is 0 Å². The van der Waals surface area contributed by atoms with Crippen LogP contribution in [0.1, 0.15) is 70.2 Å². The van der Waals surface area contributed by atoms with Gasteiger partial charge in [-0.2, -0.15) is 0 Å². The van der Waals surface area contributed by atoms with Gasteiger partial charge in [0.25, 0.3) is 5.91 Å². The molecular weight excluding hydrogens is 845 g/mol. The van der Waals surface area contributed by atoms with Gasteiger partial charge in [0.2, 0.25) is 18.2 Å². The molecule has 6 rings (SSSR count). The Morgan fingerprint density at radius 3 is 2.29 bits per heavy atom. The Balaban J connectivity index is 1.17. The van der Waals surface area contributed by atoms with E-state index in [4.69, 9.17) is 26.1 Å². The van der Waals surface area contributed by atoms with Crippen molar-refractivity contribution in [2.75, 3.05) is 50.6 Å². The van der Waals surface area contributed by atoms with E-state index in [0.717, 1.165) is 6.07 Å². The van der Waals surface area contributed by atoms with Crippen molar-refractivity contribution >= 4 is 40.8 Å². The molecule has 2 aromatic carbocycles. The summed E-state index contributed by atoms with van der Waals surface area (Å²) in [7, 11) is 2.89. The molecule has 0 bridgehead atoms. The Hall–Kier alpha value is -5.27. The highest BCUT2D eigenvalue weighted by atomic mass is 35.5. The molecule has 340 valence electrons.